The van der Waals surface area contributed by atoms with Crippen molar-refractivity contribution in [2.45, 2.75) is 110 Å². The third-order valence-electron chi connectivity index (χ3n) is 5.01. The van der Waals surface area contributed by atoms with Gasteiger partial charge in [-0.25, -0.2) is 0 Å². The summed E-state index contributed by atoms with van der Waals surface area (Å²) in [5.41, 5.74) is 1.09. The van der Waals surface area contributed by atoms with Crippen LogP contribution in [-0.2, 0) is 11.3 Å². The third-order valence-corrected chi connectivity index (χ3v) is 5.25. The Kier molecular flexibility index (Phi) is 15.1. The molecule has 0 spiro atoms. The lowest BCUT2D eigenvalue weighted by Gasteiger charge is -2.12. The number of carbonyl (C=O) groups is 1. The van der Waals surface area contributed by atoms with Crippen molar-refractivity contribution < 1.29 is 9.53 Å². The predicted octanol–water partition coefficient (Wildman–Crippen LogP) is 6.67. The van der Waals surface area contributed by atoms with Crippen molar-refractivity contribution in [3.8, 4) is 5.75 Å². The molecule has 0 saturated carbocycles. The van der Waals surface area contributed by atoms with E-state index in [4.69, 9.17) is 17.0 Å². The minimum absolute atomic E-state index is 0.00380. The van der Waals surface area contributed by atoms with Crippen LogP contribution in [0.2, 0.25) is 0 Å². The number of carbonyl (C=O) groups excluding carboxylic acids is 1. The number of benzene rings is 1. The van der Waals surface area contributed by atoms with Gasteiger partial charge in [0.25, 0.3) is 0 Å². The van der Waals surface area contributed by atoms with Gasteiger partial charge < -0.3 is 15.4 Å². The molecule has 1 amide bonds. The molecule has 0 aliphatic heterocycles. The van der Waals surface area contributed by atoms with Crippen LogP contribution >= 0.6 is 12.2 Å². The molecule has 0 radical (unpaired) electrons. The third kappa shape index (κ3) is 14.4. The number of hydrogen-bond acceptors (Lipinski definition) is 3. The maximum atomic E-state index is 12.0. The number of rotatable bonds is 16. The molecule has 1 rings (SSSR count). The van der Waals surface area contributed by atoms with Crippen LogP contribution in [0.1, 0.15) is 103 Å². The summed E-state index contributed by atoms with van der Waals surface area (Å²) in [6.45, 7) is 6.85. The SMILES string of the molecule is CCCCCCCCCCCCCC(=O)NC(=S)NCc1ccc(OC(C)C)cc1. The summed E-state index contributed by atoms with van der Waals surface area (Å²) in [6.07, 6.45) is 14.8. The highest BCUT2D eigenvalue weighted by atomic mass is 32.1. The van der Waals surface area contributed by atoms with Gasteiger partial charge >= 0.3 is 0 Å². The van der Waals surface area contributed by atoms with Crippen molar-refractivity contribution in [1.82, 2.24) is 10.6 Å². The Balaban J connectivity index is 2.01. The summed E-state index contributed by atoms with van der Waals surface area (Å²) in [5, 5.41) is 6.27. The van der Waals surface area contributed by atoms with E-state index in [0.29, 0.717) is 18.1 Å². The van der Waals surface area contributed by atoms with E-state index in [-0.39, 0.29) is 12.0 Å². The van der Waals surface area contributed by atoms with E-state index in [1.54, 1.807) is 0 Å². The van der Waals surface area contributed by atoms with Gasteiger partial charge in [0.05, 0.1) is 6.10 Å². The van der Waals surface area contributed by atoms with Crippen LogP contribution in [0.3, 0.4) is 0 Å². The molecule has 5 heteroatoms. The molecular weight excluding hydrogens is 392 g/mol. The van der Waals surface area contributed by atoms with Gasteiger partial charge in [0, 0.05) is 13.0 Å². The Hall–Kier alpha value is -1.62. The normalized spacial score (nSPS) is 10.8. The van der Waals surface area contributed by atoms with E-state index >= 15 is 0 Å². The first kappa shape index (κ1) is 26.4. The maximum absolute atomic E-state index is 12.0. The fourth-order valence-electron chi connectivity index (χ4n) is 3.32. The number of amides is 1. The standard InChI is InChI=1S/C25H42N2O2S/c1-4-5-6-7-8-9-10-11-12-13-14-15-24(28)27-25(30)26-20-22-16-18-23(19-17-22)29-21(2)3/h16-19,21H,4-15,20H2,1-3H3,(H2,26,27,28,30). The van der Waals surface area contributed by atoms with Gasteiger partial charge in [-0.2, -0.15) is 0 Å². The second-order valence-electron chi connectivity index (χ2n) is 8.33. The van der Waals surface area contributed by atoms with E-state index in [2.05, 4.69) is 17.6 Å². The molecule has 0 saturated heterocycles. The second-order valence-corrected chi connectivity index (χ2v) is 8.74. The average Bonchev–Trinajstić information content (AvgIpc) is 2.71. The van der Waals surface area contributed by atoms with Crippen LogP contribution in [0.25, 0.3) is 0 Å². The lowest BCUT2D eigenvalue weighted by Crippen LogP contribution is -2.38. The highest BCUT2D eigenvalue weighted by Gasteiger charge is 2.05. The van der Waals surface area contributed by atoms with Gasteiger partial charge in [-0.15, -0.1) is 0 Å². The van der Waals surface area contributed by atoms with Crippen LogP contribution < -0.4 is 15.4 Å². The summed E-state index contributed by atoms with van der Waals surface area (Å²) in [6, 6.07) is 7.90. The molecule has 0 unspecified atom stereocenters. The van der Waals surface area contributed by atoms with Crippen molar-refractivity contribution in [3.63, 3.8) is 0 Å². The van der Waals surface area contributed by atoms with E-state index in [1.165, 1.54) is 57.8 Å². The molecule has 0 bridgehead atoms. The lowest BCUT2D eigenvalue weighted by atomic mass is 10.1. The van der Waals surface area contributed by atoms with Crippen LogP contribution in [0, 0.1) is 0 Å². The smallest absolute Gasteiger partial charge is 0.226 e. The molecule has 2 N–H and O–H groups in total. The highest BCUT2D eigenvalue weighted by Crippen LogP contribution is 2.14. The molecule has 0 fully saturated rings. The Labute approximate surface area is 189 Å². The van der Waals surface area contributed by atoms with Crippen LogP contribution in [-0.4, -0.2) is 17.1 Å². The van der Waals surface area contributed by atoms with Crippen molar-refractivity contribution in [2.24, 2.45) is 0 Å². The number of hydrogen-bond donors (Lipinski definition) is 2. The predicted molar refractivity (Wildman–Crippen MR) is 131 cm³/mol. The van der Waals surface area contributed by atoms with E-state index in [0.717, 1.165) is 24.2 Å². The molecule has 1 aromatic carbocycles. The summed E-state index contributed by atoms with van der Waals surface area (Å²) in [7, 11) is 0. The average molecular weight is 435 g/mol. The van der Waals surface area contributed by atoms with Gasteiger partial charge in [-0.05, 0) is 50.2 Å². The topological polar surface area (TPSA) is 50.4 Å². The maximum Gasteiger partial charge on any atom is 0.226 e. The fourth-order valence-corrected chi connectivity index (χ4v) is 3.51. The first-order valence-corrected chi connectivity index (χ1v) is 12.3. The fraction of sp³-hybridized carbons (Fsp3) is 0.680. The zero-order chi connectivity index (χ0) is 22.0. The van der Waals surface area contributed by atoms with Crippen molar-refractivity contribution in [3.05, 3.63) is 29.8 Å². The largest absolute Gasteiger partial charge is 0.491 e. The minimum Gasteiger partial charge on any atom is -0.491 e. The van der Waals surface area contributed by atoms with Gasteiger partial charge in [0.15, 0.2) is 5.11 Å². The van der Waals surface area contributed by atoms with Crippen molar-refractivity contribution in [1.29, 1.82) is 0 Å². The van der Waals surface area contributed by atoms with Crippen LogP contribution in [0.5, 0.6) is 5.75 Å². The summed E-state index contributed by atoms with van der Waals surface area (Å²) >= 11 is 5.23. The number of unbranched alkanes of at least 4 members (excludes halogenated alkanes) is 10. The van der Waals surface area contributed by atoms with Gasteiger partial charge in [0.2, 0.25) is 5.91 Å². The molecule has 1 aromatic rings. The van der Waals surface area contributed by atoms with Crippen molar-refractivity contribution >= 4 is 23.2 Å². The molecule has 0 aromatic heterocycles. The monoisotopic (exact) mass is 434 g/mol. The zero-order valence-corrected chi connectivity index (χ0v) is 20.1. The molecule has 30 heavy (non-hydrogen) atoms. The molecule has 4 nitrogen and oxygen atoms in total. The van der Waals surface area contributed by atoms with Gasteiger partial charge in [-0.1, -0.05) is 83.3 Å². The minimum atomic E-state index is 0.00380. The molecule has 0 atom stereocenters. The summed E-state index contributed by atoms with van der Waals surface area (Å²) in [4.78, 5) is 12.0. The van der Waals surface area contributed by atoms with Gasteiger partial charge in [0.1, 0.15) is 5.75 Å². The van der Waals surface area contributed by atoms with Crippen molar-refractivity contribution in [2.75, 3.05) is 0 Å². The molecule has 0 aliphatic carbocycles. The summed E-state index contributed by atoms with van der Waals surface area (Å²) < 4.78 is 5.64. The van der Waals surface area contributed by atoms with E-state index in [1.807, 2.05) is 38.1 Å². The Morgan fingerprint density at radius 1 is 0.900 bits per heavy atom. The first-order valence-electron chi connectivity index (χ1n) is 11.8. The number of nitrogens with one attached hydrogen (secondary N) is 2. The highest BCUT2D eigenvalue weighted by molar-refractivity contribution is 7.80. The molecule has 0 aliphatic rings. The molecular formula is C25H42N2O2S. The Morgan fingerprint density at radius 3 is 1.97 bits per heavy atom. The Bertz CT molecular complexity index is 587. The van der Waals surface area contributed by atoms with E-state index < -0.39 is 0 Å². The summed E-state index contributed by atoms with van der Waals surface area (Å²) in [5.74, 6) is 0.862. The molecule has 170 valence electrons. The zero-order valence-electron chi connectivity index (χ0n) is 19.3. The second kappa shape index (κ2) is 17.1. The number of ether oxygens (including phenoxy) is 1. The number of thiocarbonyl (C=S) groups is 1. The first-order chi connectivity index (χ1) is 14.5. The quantitative estimate of drug-likeness (QED) is 0.225. The Morgan fingerprint density at radius 2 is 1.43 bits per heavy atom. The van der Waals surface area contributed by atoms with Gasteiger partial charge in [-0.3, -0.25) is 4.79 Å². The van der Waals surface area contributed by atoms with Crippen LogP contribution in [0.4, 0.5) is 0 Å². The van der Waals surface area contributed by atoms with E-state index in [9.17, 15) is 4.79 Å². The molecule has 0 heterocycles. The van der Waals surface area contributed by atoms with Crippen LogP contribution in [0.15, 0.2) is 24.3 Å². The lowest BCUT2D eigenvalue weighted by molar-refractivity contribution is -0.119.